The largest absolute Gasteiger partial charge is 0.356 e. The number of anilines is 1. The van der Waals surface area contributed by atoms with Crippen LogP contribution in [0.2, 0.25) is 0 Å². The molecule has 0 aromatic heterocycles. The van der Waals surface area contributed by atoms with Crippen molar-refractivity contribution < 1.29 is 0 Å². The molecule has 21 heavy (non-hydrogen) atoms. The molecule has 2 aromatic rings. The van der Waals surface area contributed by atoms with E-state index in [-0.39, 0.29) is 0 Å². The van der Waals surface area contributed by atoms with Crippen LogP contribution in [0.25, 0.3) is 0 Å². The van der Waals surface area contributed by atoms with Gasteiger partial charge < -0.3 is 5.32 Å². The van der Waals surface area contributed by atoms with Crippen molar-refractivity contribution in [3.05, 3.63) is 91.7 Å². The van der Waals surface area contributed by atoms with Gasteiger partial charge in [-0.25, -0.2) is 0 Å². The monoisotopic (exact) mass is 275 g/mol. The van der Waals surface area contributed by atoms with Crippen molar-refractivity contribution in [3.63, 3.8) is 0 Å². The van der Waals surface area contributed by atoms with Crippen molar-refractivity contribution >= 4 is 17.1 Å². The maximum atomic E-state index is 4.20. The van der Waals surface area contributed by atoms with Gasteiger partial charge in [0, 0.05) is 11.4 Å². The van der Waals surface area contributed by atoms with E-state index in [1.807, 2.05) is 60.7 Å². The number of rotatable bonds is 6. The summed E-state index contributed by atoms with van der Waals surface area (Å²) in [5.74, 6) is 0. The Morgan fingerprint density at radius 2 is 1.48 bits per heavy atom. The number of hydrogen-bond donors (Lipinski definition) is 1. The van der Waals surface area contributed by atoms with Gasteiger partial charge in [-0.2, -0.15) is 10.2 Å². The lowest BCUT2D eigenvalue weighted by Crippen LogP contribution is -1.95. The number of azo groups is 1. The van der Waals surface area contributed by atoms with Crippen LogP contribution in [0.15, 0.2) is 102 Å². The van der Waals surface area contributed by atoms with Gasteiger partial charge in [0.15, 0.2) is 0 Å². The molecule has 0 fully saturated rings. The van der Waals surface area contributed by atoms with Crippen LogP contribution in [0.3, 0.4) is 0 Å². The van der Waals surface area contributed by atoms with Crippen LogP contribution >= 0.6 is 0 Å². The number of hydrogen-bond acceptors (Lipinski definition) is 3. The van der Waals surface area contributed by atoms with Crippen LogP contribution in [0.4, 0.5) is 17.1 Å². The molecule has 3 heteroatoms. The Bertz CT molecular complexity index is 653. The third-order valence-corrected chi connectivity index (χ3v) is 2.71. The SMILES string of the molecule is C=C/C=C(\C=C)Nc1ccc(N=Nc2ccccc2)cc1. The van der Waals surface area contributed by atoms with E-state index in [1.165, 1.54) is 0 Å². The summed E-state index contributed by atoms with van der Waals surface area (Å²) < 4.78 is 0. The molecule has 0 saturated heterocycles. The molecule has 2 rings (SSSR count). The van der Waals surface area contributed by atoms with Crippen molar-refractivity contribution in [2.75, 3.05) is 5.32 Å². The molecule has 0 atom stereocenters. The molecule has 0 aliphatic rings. The van der Waals surface area contributed by atoms with Crippen molar-refractivity contribution in [2.45, 2.75) is 0 Å². The highest BCUT2D eigenvalue weighted by Gasteiger charge is 1.95. The highest BCUT2D eigenvalue weighted by molar-refractivity contribution is 5.55. The number of nitrogens with one attached hydrogen (secondary N) is 1. The fraction of sp³-hybridized carbons (Fsp3) is 0. The molecule has 0 amide bonds. The van der Waals surface area contributed by atoms with Gasteiger partial charge in [-0.15, -0.1) is 0 Å². The maximum absolute atomic E-state index is 4.20. The zero-order valence-electron chi connectivity index (χ0n) is 11.7. The van der Waals surface area contributed by atoms with Crippen LogP contribution in [-0.2, 0) is 0 Å². The number of nitrogens with zero attached hydrogens (tertiary/aromatic N) is 2. The van der Waals surface area contributed by atoms with Gasteiger partial charge in [-0.05, 0) is 48.6 Å². The second-order valence-corrected chi connectivity index (χ2v) is 4.27. The fourth-order valence-corrected chi connectivity index (χ4v) is 1.68. The van der Waals surface area contributed by atoms with Crippen molar-refractivity contribution in [3.8, 4) is 0 Å². The summed E-state index contributed by atoms with van der Waals surface area (Å²) in [6.07, 6.45) is 5.31. The number of allylic oxidation sites excluding steroid dienone is 3. The van der Waals surface area contributed by atoms with Gasteiger partial charge in [-0.1, -0.05) is 37.4 Å². The smallest absolute Gasteiger partial charge is 0.0858 e. The van der Waals surface area contributed by atoms with Crippen LogP contribution in [0, 0.1) is 0 Å². The molecule has 1 N–H and O–H groups in total. The molecular weight excluding hydrogens is 258 g/mol. The molecule has 3 nitrogen and oxygen atoms in total. The van der Waals surface area contributed by atoms with E-state index in [4.69, 9.17) is 0 Å². The fourth-order valence-electron chi connectivity index (χ4n) is 1.68. The van der Waals surface area contributed by atoms with E-state index < -0.39 is 0 Å². The van der Waals surface area contributed by atoms with Crippen molar-refractivity contribution in [1.29, 1.82) is 0 Å². The second kappa shape index (κ2) is 7.60. The van der Waals surface area contributed by atoms with E-state index in [0.717, 1.165) is 22.8 Å². The molecule has 0 heterocycles. The maximum Gasteiger partial charge on any atom is 0.0858 e. The van der Waals surface area contributed by atoms with Crippen LogP contribution in [0.1, 0.15) is 0 Å². The third kappa shape index (κ3) is 4.58. The summed E-state index contributed by atoms with van der Waals surface area (Å²) in [6.45, 7) is 7.41. The van der Waals surface area contributed by atoms with Gasteiger partial charge in [0.05, 0.1) is 11.4 Å². The first-order chi connectivity index (χ1) is 10.3. The first kappa shape index (κ1) is 14.5. The van der Waals surface area contributed by atoms with Crippen molar-refractivity contribution in [1.82, 2.24) is 0 Å². The highest BCUT2D eigenvalue weighted by atomic mass is 15.1. The van der Waals surface area contributed by atoms with Crippen LogP contribution in [-0.4, -0.2) is 0 Å². The molecule has 0 radical (unpaired) electrons. The molecule has 0 aliphatic carbocycles. The summed E-state index contributed by atoms with van der Waals surface area (Å²) in [4.78, 5) is 0. The second-order valence-electron chi connectivity index (χ2n) is 4.27. The van der Waals surface area contributed by atoms with E-state index in [1.54, 1.807) is 12.2 Å². The van der Waals surface area contributed by atoms with E-state index >= 15 is 0 Å². The average Bonchev–Trinajstić information content (AvgIpc) is 2.54. The minimum Gasteiger partial charge on any atom is -0.356 e. The summed E-state index contributed by atoms with van der Waals surface area (Å²) in [5.41, 5.74) is 3.49. The zero-order chi connectivity index (χ0) is 14.9. The van der Waals surface area contributed by atoms with Crippen molar-refractivity contribution in [2.24, 2.45) is 10.2 Å². The molecule has 104 valence electrons. The Morgan fingerprint density at radius 1 is 0.857 bits per heavy atom. The molecule has 0 unspecified atom stereocenters. The molecule has 0 bridgehead atoms. The van der Waals surface area contributed by atoms with Gasteiger partial charge in [-0.3, -0.25) is 0 Å². The Morgan fingerprint density at radius 3 is 2.05 bits per heavy atom. The summed E-state index contributed by atoms with van der Waals surface area (Å²) in [6, 6.07) is 17.3. The summed E-state index contributed by atoms with van der Waals surface area (Å²) in [7, 11) is 0. The Hall–Kier alpha value is -2.94. The summed E-state index contributed by atoms with van der Waals surface area (Å²) >= 11 is 0. The van der Waals surface area contributed by atoms with Crippen LogP contribution < -0.4 is 5.32 Å². The van der Waals surface area contributed by atoms with Gasteiger partial charge in [0.1, 0.15) is 0 Å². The van der Waals surface area contributed by atoms with E-state index in [2.05, 4.69) is 28.7 Å². The molecular formula is C18H17N3. The molecule has 2 aromatic carbocycles. The normalized spacial score (nSPS) is 11.3. The summed E-state index contributed by atoms with van der Waals surface area (Å²) in [5, 5.41) is 11.6. The Balaban J connectivity index is 2.05. The molecule has 0 aliphatic heterocycles. The Labute approximate surface area is 125 Å². The zero-order valence-corrected chi connectivity index (χ0v) is 11.7. The minimum atomic E-state index is 0.803. The third-order valence-electron chi connectivity index (χ3n) is 2.71. The van der Waals surface area contributed by atoms with E-state index in [9.17, 15) is 0 Å². The first-order valence-electron chi connectivity index (χ1n) is 6.61. The predicted molar refractivity (Wildman–Crippen MR) is 89.2 cm³/mol. The molecule has 0 spiro atoms. The predicted octanol–water partition coefficient (Wildman–Crippen LogP) is 5.77. The lowest BCUT2D eigenvalue weighted by molar-refractivity contribution is 1.23. The number of benzene rings is 2. The van der Waals surface area contributed by atoms with E-state index in [0.29, 0.717) is 0 Å². The van der Waals surface area contributed by atoms with Gasteiger partial charge in [0.2, 0.25) is 0 Å². The lowest BCUT2D eigenvalue weighted by Gasteiger charge is -2.06. The van der Waals surface area contributed by atoms with Gasteiger partial charge >= 0.3 is 0 Å². The average molecular weight is 275 g/mol. The quantitative estimate of drug-likeness (QED) is 0.527. The topological polar surface area (TPSA) is 36.8 Å². The van der Waals surface area contributed by atoms with Crippen LogP contribution in [0.5, 0.6) is 0 Å². The first-order valence-corrected chi connectivity index (χ1v) is 6.61. The minimum absolute atomic E-state index is 0.803. The molecule has 0 saturated carbocycles. The standard InChI is InChI=1S/C18H17N3/c1-3-8-15(4-2)19-16-11-13-18(14-12-16)21-20-17-9-6-5-7-10-17/h3-14,19H,1-2H2/b15-8+,21-20?. The van der Waals surface area contributed by atoms with Gasteiger partial charge in [0.25, 0.3) is 0 Å². The highest BCUT2D eigenvalue weighted by Crippen LogP contribution is 2.20. The lowest BCUT2D eigenvalue weighted by atomic mass is 10.2. The Kier molecular flexibility index (Phi) is 5.24.